The Kier molecular flexibility index (Phi) is 4.56. The fourth-order valence-corrected chi connectivity index (χ4v) is 2.38. The summed E-state index contributed by atoms with van der Waals surface area (Å²) in [6, 6.07) is 15.5. The van der Waals surface area contributed by atoms with Gasteiger partial charge in [0.2, 0.25) is 5.91 Å². The molecule has 0 aromatic heterocycles. The topological polar surface area (TPSA) is 90.9 Å². The monoisotopic (exact) mass is 336 g/mol. The van der Waals surface area contributed by atoms with Gasteiger partial charge in [-0.1, -0.05) is 18.2 Å². The Balaban J connectivity index is 1.69. The summed E-state index contributed by atoms with van der Waals surface area (Å²) in [6.07, 6.45) is 0.0324. The average Bonchev–Trinajstić information content (AvgIpc) is 2.96. The molecule has 25 heavy (non-hydrogen) atoms. The quantitative estimate of drug-likeness (QED) is 0.899. The lowest BCUT2D eigenvalue weighted by atomic mass is 10.2. The SMILES string of the molecule is CC(=O)Nc1ccc(C(=O)NC2=NN(c3ccccc3)C(=O)C2)cc1. The number of hydrogen-bond acceptors (Lipinski definition) is 4. The highest BCUT2D eigenvalue weighted by atomic mass is 16.2. The van der Waals surface area contributed by atoms with E-state index in [9.17, 15) is 14.4 Å². The van der Waals surface area contributed by atoms with Crippen LogP contribution in [0.15, 0.2) is 59.7 Å². The van der Waals surface area contributed by atoms with Crippen molar-refractivity contribution in [2.24, 2.45) is 5.10 Å². The van der Waals surface area contributed by atoms with E-state index in [0.29, 0.717) is 22.8 Å². The molecule has 0 saturated carbocycles. The third kappa shape index (κ3) is 3.89. The molecule has 2 N–H and O–H groups in total. The number of carbonyl (C=O) groups excluding carboxylic acids is 3. The summed E-state index contributed by atoms with van der Waals surface area (Å²) in [5, 5.41) is 10.7. The summed E-state index contributed by atoms with van der Waals surface area (Å²) in [5.41, 5.74) is 1.66. The van der Waals surface area contributed by atoms with Crippen molar-refractivity contribution in [1.29, 1.82) is 0 Å². The third-order valence-electron chi connectivity index (χ3n) is 3.50. The highest BCUT2D eigenvalue weighted by Gasteiger charge is 2.26. The number of nitrogens with one attached hydrogen (secondary N) is 2. The van der Waals surface area contributed by atoms with Gasteiger partial charge in [0.15, 0.2) is 0 Å². The minimum Gasteiger partial charge on any atom is -0.326 e. The summed E-state index contributed by atoms with van der Waals surface area (Å²) in [6.45, 7) is 1.41. The van der Waals surface area contributed by atoms with Crippen molar-refractivity contribution >= 4 is 34.9 Å². The first-order valence-corrected chi connectivity index (χ1v) is 7.67. The molecule has 0 fully saturated rings. The summed E-state index contributed by atoms with van der Waals surface area (Å²) in [7, 11) is 0. The maximum atomic E-state index is 12.3. The molecule has 1 aliphatic heterocycles. The molecule has 0 bridgehead atoms. The molecule has 7 nitrogen and oxygen atoms in total. The maximum Gasteiger partial charge on any atom is 0.256 e. The van der Waals surface area contributed by atoms with Crippen LogP contribution in [0.25, 0.3) is 0 Å². The zero-order valence-electron chi connectivity index (χ0n) is 13.5. The molecule has 1 aliphatic rings. The van der Waals surface area contributed by atoms with Crippen LogP contribution in [0.2, 0.25) is 0 Å². The molecule has 126 valence electrons. The third-order valence-corrected chi connectivity index (χ3v) is 3.50. The van der Waals surface area contributed by atoms with E-state index in [4.69, 9.17) is 0 Å². The van der Waals surface area contributed by atoms with Crippen LogP contribution in [0.3, 0.4) is 0 Å². The lowest BCUT2D eigenvalue weighted by Crippen LogP contribution is -2.29. The van der Waals surface area contributed by atoms with Crippen molar-refractivity contribution in [2.45, 2.75) is 13.3 Å². The highest BCUT2D eigenvalue weighted by molar-refractivity contribution is 6.17. The Morgan fingerprint density at radius 2 is 1.68 bits per heavy atom. The van der Waals surface area contributed by atoms with Gasteiger partial charge >= 0.3 is 0 Å². The van der Waals surface area contributed by atoms with Gasteiger partial charge in [-0.05, 0) is 36.4 Å². The number of amidine groups is 1. The van der Waals surface area contributed by atoms with Crippen LogP contribution in [-0.4, -0.2) is 23.6 Å². The molecule has 0 aliphatic carbocycles. The smallest absolute Gasteiger partial charge is 0.256 e. The summed E-state index contributed by atoms with van der Waals surface area (Å²) in [5.74, 6) is -0.458. The fraction of sp³-hybridized carbons (Fsp3) is 0.111. The van der Waals surface area contributed by atoms with Gasteiger partial charge < -0.3 is 10.6 Å². The first kappa shape index (κ1) is 16.4. The molecule has 0 atom stereocenters. The summed E-state index contributed by atoms with van der Waals surface area (Å²) < 4.78 is 0. The van der Waals surface area contributed by atoms with Crippen molar-refractivity contribution in [3.05, 3.63) is 60.2 Å². The molecule has 2 aromatic rings. The van der Waals surface area contributed by atoms with E-state index in [-0.39, 0.29) is 24.1 Å². The number of benzene rings is 2. The number of rotatable bonds is 3. The van der Waals surface area contributed by atoms with Crippen molar-refractivity contribution in [1.82, 2.24) is 5.32 Å². The highest BCUT2D eigenvalue weighted by Crippen LogP contribution is 2.19. The minimum atomic E-state index is -0.365. The van der Waals surface area contributed by atoms with Crippen LogP contribution in [0.4, 0.5) is 11.4 Å². The van der Waals surface area contributed by atoms with Gasteiger partial charge in [-0.25, -0.2) is 0 Å². The number of hydrogen-bond donors (Lipinski definition) is 2. The molecule has 0 spiro atoms. The van der Waals surface area contributed by atoms with Crippen LogP contribution in [0.5, 0.6) is 0 Å². The van der Waals surface area contributed by atoms with Crippen LogP contribution >= 0.6 is 0 Å². The van der Waals surface area contributed by atoms with E-state index in [1.807, 2.05) is 18.2 Å². The van der Waals surface area contributed by atoms with Gasteiger partial charge in [-0.2, -0.15) is 10.1 Å². The van der Waals surface area contributed by atoms with Crippen molar-refractivity contribution in [3.8, 4) is 0 Å². The predicted octanol–water partition coefficient (Wildman–Crippen LogP) is 2.13. The second kappa shape index (κ2) is 6.96. The lowest BCUT2D eigenvalue weighted by Gasteiger charge is -2.10. The maximum absolute atomic E-state index is 12.3. The van der Waals surface area contributed by atoms with E-state index in [1.165, 1.54) is 11.9 Å². The van der Waals surface area contributed by atoms with E-state index in [0.717, 1.165) is 0 Å². The molecule has 3 amide bonds. The van der Waals surface area contributed by atoms with Gasteiger partial charge in [0.05, 0.1) is 12.1 Å². The van der Waals surface area contributed by atoms with Crippen LogP contribution in [0.1, 0.15) is 23.7 Å². The zero-order valence-corrected chi connectivity index (χ0v) is 13.5. The predicted molar refractivity (Wildman–Crippen MR) is 94.2 cm³/mol. The van der Waals surface area contributed by atoms with Crippen molar-refractivity contribution in [2.75, 3.05) is 10.3 Å². The fourth-order valence-electron chi connectivity index (χ4n) is 2.38. The number of amides is 3. The normalized spacial score (nSPS) is 13.4. The number of hydrazone groups is 1. The number of nitrogens with zero attached hydrogens (tertiary/aromatic N) is 2. The Morgan fingerprint density at radius 1 is 1.00 bits per heavy atom. The van der Waals surface area contributed by atoms with Gasteiger partial charge in [-0.3, -0.25) is 14.4 Å². The van der Waals surface area contributed by atoms with Crippen molar-refractivity contribution < 1.29 is 14.4 Å². The number of para-hydroxylation sites is 1. The molecule has 7 heteroatoms. The Morgan fingerprint density at radius 3 is 2.32 bits per heavy atom. The van der Waals surface area contributed by atoms with E-state index >= 15 is 0 Å². The van der Waals surface area contributed by atoms with Crippen LogP contribution in [0, 0.1) is 0 Å². The first-order valence-electron chi connectivity index (χ1n) is 7.67. The molecule has 0 radical (unpaired) electrons. The molecule has 2 aromatic carbocycles. The summed E-state index contributed by atoms with van der Waals surface area (Å²) in [4.78, 5) is 35.3. The summed E-state index contributed by atoms with van der Waals surface area (Å²) >= 11 is 0. The van der Waals surface area contributed by atoms with Crippen LogP contribution < -0.4 is 15.6 Å². The second-order valence-corrected chi connectivity index (χ2v) is 5.48. The minimum absolute atomic E-state index is 0.0324. The van der Waals surface area contributed by atoms with Gasteiger partial charge in [0.25, 0.3) is 11.8 Å². The van der Waals surface area contributed by atoms with E-state index in [2.05, 4.69) is 15.7 Å². The van der Waals surface area contributed by atoms with E-state index < -0.39 is 0 Å². The molecular formula is C18H16N4O3. The largest absolute Gasteiger partial charge is 0.326 e. The number of anilines is 2. The zero-order chi connectivity index (χ0) is 17.8. The van der Waals surface area contributed by atoms with Gasteiger partial charge in [-0.15, -0.1) is 0 Å². The average molecular weight is 336 g/mol. The van der Waals surface area contributed by atoms with Gasteiger partial charge in [0.1, 0.15) is 5.84 Å². The second-order valence-electron chi connectivity index (χ2n) is 5.48. The van der Waals surface area contributed by atoms with Gasteiger partial charge in [0, 0.05) is 18.2 Å². The molecular weight excluding hydrogens is 320 g/mol. The number of carbonyl (C=O) groups is 3. The molecule has 0 saturated heterocycles. The first-order chi connectivity index (χ1) is 12.0. The molecule has 3 rings (SSSR count). The Hall–Kier alpha value is -3.48. The standard InChI is InChI=1S/C18H16N4O3/c1-12(23)19-14-9-7-13(8-10-14)18(25)20-16-11-17(24)22(21-16)15-5-3-2-4-6-15/h2-10H,11H2,1H3,(H,19,23)(H,20,21,25). The molecule has 0 unspecified atom stereocenters. The van der Waals surface area contributed by atoms with Crippen molar-refractivity contribution in [3.63, 3.8) is 0 Å². The Bertz CT molecular complexity index is 844. The lowest BCUT2D eigenvalue weighted by molar-refractivity contribution is -0.117. The van der Waals surface area contributed by atoms with Crippen LogP contribution in [-0.2, 0) is 9.59 Å². The Labute approximate surface area is 144 Å². The van der Waals surface area contributed by atoms with E-state index in [1.54, 1.807) is 36.4 Å². The molecule has 1 heterocycles.